The minimum absolute atomic E-state index is 0.221. The molecule has 2 rings (SSSR count). The fourth-order valence-corrected chi connectivity index (χ4v) is 1.90. The fraction of sp³-hybridized carbons (Fsp3) is 0.538. The van der Waals surface area contributed by atoms with E-state index in [9.17, 15) is 4.79 Å². The number of nitrogens with zero attached hydrogens (tertiary/aromatic N) is 2. The zero-order valence-corrected chi connectivity index (χ0v) is 11.0. The molecule has 1 amide bonds. The average Bonchev–Trinajstić information content (AvgIpc) is 2.15. The minimum Gasteiger partial charge on any atom is -0.444 e. The number of hydrogen-bond acceptors (Lipinski definition) is 3. The van der Waals surface area contributed by atoms with E-state index >= 15 is 0 Å². The molecule has 94 valence electrons. The summed E-state index contributed by atoms with van der Waals surface area (Å²) in [5, 5.41) is 0. The molecule has 4 nitrogen and oxygen atoms in total. The van der Waals surface area contributed by atoms with Crippen LogP contribution in [0.4, 0.5) is 4.79 Å². The number of hydrogen-bond donors (Lipinski definition) is 0. The van der Waals surface area contributed by atoms with Crippen LogP contribution in [0, 0.1) is 0 Å². The van der Waals surface area contributed by atoms with Crippen LogP contribution in [-0.2, 0) is 4.74 Å². The van der Waals surface area contributed by atoms with Crippen LogP contribution in [0.15, 0.2) is 18.3 Å². The van der Waals surface area contributed by atoms with Gasteiger partial charge in [-0.25, -0.2) is 4.79 Å². The Hall–Kier alpha value is -1.52. The summed E-state index contributed by atoms with van der Waals surface area (Å²) in [5.41, 5.74) is 1.11. The van der Waals surface area contributed by atoms with Crippen LogP contribution in [-0.4, -0.2) is 42.5 Å². The number of amides is 1. The zero-order valence-electron chi connectivity index (χ0n) is 11.0. The molecule has 0 N–H and O–H groups in total. The molecule has 1 saturated heterocycles. The van der Waals surface area contributed by atoms with Gasteiger partial charge in [0.1, 0.15) is 13.4 Å². The van der Waals surface area contributed by atoms with Crippen molar-refractivity contribution in [1.29, 1.82) is 0 Å². The lowest BCUT2D eigenvalue weighted by atomic mass is 9.85. The molecule has 0 saturated carbocycles. The zero-order chi connectivity index (χ0) is 13.3. The van der Waals surface area contributed by atoms with Gasteiger partial charge in [0.15, 0.2) is 0 Å². The van der Waals surface area contributed by atoms with Crippen LogP contribution in [0.1, 0.15) is 32.4 Å². The van der Waals surface area contributed by atoms with E-state index in [1.165, 1.54) is 0 Å². The first-order valence-corrected chi connectivity index (χ1v) is 6.05. The summed E-state index contributed by atoms with van der Waals surface area (Å²) in [4.78, 5) is 17.7. The molecule has 1 aromatic rings. The average molecular weight is 244 g/mol. The third-order valence-electron chi connectivity index (χ3n) is 2.79. The summed E-state index contributed by atoms with van der Waals surface area (Å²) >= 11 is 0. The first kappa shape index (κ1) is 12.9. The molecule has 18 heavy (non-hydrogen) atoms. The smallest absolute Gasteiger partial charge is 0.410 e. The number of carbonyl (C=O) groups is 1. The number of aromatic nitrogens is 1. The van der Waals surface area contributed by atoms with E-state index in [2.05, 4.69) is 4.98 Å². The van der Waals surface area contributed by atoms with Crippen molar-refractivity contribution in [2.75, 3.05) is 13.1 Å². The maximum absolute atomic E-state index is 11.8. The number of carbonyl (C=O) groups excluding carboxylic acids is 1. The Morgan fingerprint density at radius 2 is 2.17 bits per heavy atom. The largest absolute Gasteiger partial charge is 0.444 e. The van der Waals surface area contributed by atoms with Crippen molar-refractivity contribution in [2.24, 2.45) is 0 Å². The van der Waals surface area contributed by atoms with Crippen LogP contribution >= 0.6 is 0 Å². The summed E-state index contributed by atoms with van der Waals surface area (Å²) in [7, 11) is 5.86. The van der Waals surface area contributed by atoms with Crippen LogP contribution in [0.5, 0.6) is 0 Å². The lowest BCUT2D eigenvalue weighted by Gasteiger charge is -2.40. The quantitative estimate of drug-likeness (QED) is 0.697. The SMILES string of the molecule is [B]c1cccnc1C1CN(C(=O)OC(C)(C)C)C1. The van der Waals surface area contributed by atoms with Gasteiger partial charge >= 0.3 is 6.09 Å². The summed E-state index contributed by atoms with van der Waals surface area (Å²) in [6.07, 6.45) is 1.45. The Balaban J connectivity index is 1.91. The lowest BCUT2D eigenvalue weighted by Crippen LogP contribution is -2.51. The molecule has 0 aromatic carbocycles. The van der Waals surface area contributed by atoms with Crippen molar-refractivity contribution >= 4 is 19.4 Å². The fourth-order valence-electron chi connectivity index (χ4n) is 1.90. The summed E-state index contributed by atoms with van der Waals surface area (Å²) in [6.45, 7) is 6.82. The highest BCUT2D eigenvalue weighted by atomic mass is 16.6. The molecular weight excluding hydrogens is 227 g/mol. The second-order valence-electron chi connectivity index (χ2n) is 5.56. The Labute approximate surface area is 109 Å². The predicted molar refractivity (Wildman–Crippen MR) is 70.2 cm³/mol. The van der Waals surface area contributed by atoms with E-state index in [0.29, 0.717) is 18.6 Å². The normalized spacial score (nSPS) is 16.3. The van der Waals surface area contributed by atoms with E-state index in [-0.39, 0.29) is 12.0 Å². The third-order valence-corrected chi connectivity index (χ3v) is 2.79. The third kappa shape index (κ3) is 2.83. The Kier molecular flexibility index (Phi) is 3.33. The van der Waals surface area contributed by atoms with Gasteiger partial charge in [-0.05, 0) is 26.8 Å². The molecular formula is C13H17BN2O2. The van der Waals surface area contributed by atoms with Crippen LogP contribution in [0.3, 0.4) is 0 Å². The van der Waals surface area contributed by atoms with Gasteiger partial charge in [0, 0.05) is 30.9 Å². The van der Waals surface area contributed by atoms with Gasteiger partial charge < -0.3 is 9.64 Å². The predicted octanol–water partition coefficient (Wildman–Crippen LogP) is 1.21. The van der Waals surface area contributed by atoms with E-state index in [1.54, 1.807) is 11.1 Å². The summed E-state index contributed by atoms with van der Waals surface area (Å²) in [6, 6.07) is 3.64. The van der Waals surface area contributed by atoms with Crippen molar-refractivity contribution < 1.29 is 9.53 Å². The highest BCUT2D eigenvalue weighted by molar-refractivity contribution is 6.33. The number of pyridine rings is 1. The minimum atomic E-state index is -0.452. The molecule has 1 aliphatic rings. The van der Waals surface area contributed by atoms with Crippen molar-refractivity contribution in [2.45, 2.75) is 32.3 Å². The summed E-state index contributed by atoms with van der Waals surface area (Å²) < 4.78 is 5.29. The van der Waals surface area contributed by atoms with Gasteiger partial charge in [-0.3, -0.25) is 4.98 Å². The van der Waals surface area contributed by atoms with Gasteiger partial charge in [0.2, 0.25) is 0 Å². The van der Waals surface area contributed by atoms with Gasteiger partial charge in [0.05, 0.1) is 0 Å². The second-order valence-corrected chi connectivity index (χ2v) is 5.56. The maximum Gasteiger partial charge on any atom is 0.410 e. The van der Waals surface area contributed by atoms with Crippen molar-refractivity contribution in [3.63, 3.8) is 0 Å². The monoisotopic (exact) mass is 244 g/mol. The Morgan fingerprint density at radius 1 is 1.50 bits per heavy atom. The molecule has 0 atom stereocenters. The van der Waals surface area contributed by atoms with Crippen LogP contribution < -0.4 is 5.46 Å². The molecule has 2 heterocycles. The first-order chi connectivity index (χ1) is 8.37. The topological polar surface area (TPSA) is 42.4 Å². The highest BCUT2D eigenvalue weighted by Gasteiger charge is 2.35. The molecule has 0 bridgehead atoms. The first-order valence-electron chi connectivity index (χ1n) is 6.05. The molecule has 0 spiro atoms. The standard InChI is InChI=1S/C13H17BN2O2/c1-13(2,3)18-12(17)16-7-9(8-16)11-10(14)5-4-6-15-11/h4-6,9H,7-8H2,1-3H3. The molecule has 2 radical (unpaired) electrons. The molecule has 0 aliphatic carbocycles. The molecule has 0 unspecified atom stereocenters. The molecule has 1 fully saturated rings. The Morgan fingerprint density at radius 3 is 2.72 bits per heavy atom. The van der Waals surface area contributed by atoms with Crippen molar-refractivity contribution in [3.05, 3.63) is 24.0 Å². The second kappa shape index (κ2) is 4.63. The van der Waals surface area contributed by atoms with Crippen molar-refractivity contribution in [1.82, 2.24) is 9.88 Å². The molecule has 1 aromatic heterocycles. The van der Waals surface area contributed by atoms with Gasteiger partial charge in [-0.1, -0.05) is 11.5 Å². The van der Waals surface area contributed by atoms with Gasteiger partial charge in [-0.2, -0.15) is 0 Å². The van der Waals surface area contributed by atoms with Gasteiger partial charge in [0.25, 0.3) is 0 Å². The number of ether oxygens (including phenoxy) is 1. The molecule has 5 heteroatoms. The number of rotatable bonds is 1. The van der Waals surface area contributed by atoms with E-state index < -0.39 is 5.60 Å². The Bertz CT molecular complexity index is 451. The van der Waals surface area contributed by atoms with Crippen molar-refractivity contribution in [3.8, 4) is 0 Å². The lowest BCUT2D eigenvalue weighted by molar-refractivity contribution is 0.00795. The van der Waals surface area contributed by atoms with Crippen LogP contribution in [0.2, 0.25) is 0 Å². The highest BCUT2D eigenvalue weighted by Crippen LogP contribution is 2.25. The van der Waals surface area contributed by atoms with Gasteiger partial charge in [-0.15, -0.1) is 0 Å². The maximum atomic E-state index is 11.8. The summed E-state index contributed by atoms with van der Waals surface area (Å²) in [5.74, 6) is 0.221. The molecule has 1 aliphatic heterocycles. The van der Waals surface area contributed by atoms with E-state index in [4.69, 9.17) is 12.6 Å². The van der Waals surface area contributed by atoms with E-state index in [1.807, 2.05) is 32.9 Å². The number of likely N-dealkylation sites (tertiary alicyclic amines) is 1. The van der Waals surface area contributed by atoms with Crippen LogP contribution in [0.25, 0.3) is 0 Å². The van der Waals surface area contributed by atoms with E-state index in [0.717, 1.165) is 5.69 Å².